The highest BCUT2D eigenvalue weighted by atomic mass is 16.5. The van der Waals surface area contributed by atoms with Crippen LogP contribution in [0.1, 0.15) is 24.1 Å². The molecule has 6 rings (SSSR count). The molecule has 3 fully saturated rings. The zero-order valence-electron chi connectivity index (χ0n) is 19.5. The van der Waals surface area contributed by atoms with Crippen molar-refractivity contribution in [1.29, 1.82) is 0 Å². The van der Waals surface area contributed by atoms with Gasteiger partial charge in [0.2, 0.25) is 5.91 Å². The van der Waals surface area contributed by atoms with Crippen molar-refractivity contribution in [1.82, 2.24) is 25.2 Å². The number of nitrogens with one attached hydrogen (secondary N) is 1. The second kappa shape index (κ2) is 10.3. The Morgan fingerprint density at radius 3 is 2.76 bits per heavy atom. The number of hydrogen-bond acceptors (Lipinski definition) is 6. The quantitative estimate of drug-likeness (QED) is 0.528. The summed E-state index contributed by atoms with van der Waals surface area (Å²) < 4.78 is 13.1. The van der Waals surface area contributed by atoms with E-state index in [1.54, 1.807) is 7.11 Å². The maximum atomic E-state index is 13.0. The summed E-state index contributed by atoms with van der Waals surface area (Å²) in [6, 6.07) is 17.9. The number of benzene rings is 2. The maximum Gasteiger partial charge on any atom is 0.224 e. The summed E-state index contributed by atoms with van der Waals surface area (Å²) in [7, 11) is 1.66. The van der Waals surface area contributed by atoms with E-state index < -0.39 is 0 Å². The zero-order chi connectivity index (χ0) is 23.3. The Balaban J connectivity index is 1.13. The van der Waals surface area contributed by atoms with Crippen molar-refractivity contribution in [2.45, 2.75) is 38.6 Å². The molecular weight excluding hydrogens is 430 g/mol. The number of para-hydroxylation sites is 2. The van der Waals surface area contributed by atoms with Gasteiger partial charge in [-0.05, 0) is 43.5 Å². The van der Waals surface area contributed by atoms with Crippen molar-refractivity contribution in [3.05, 3.63) is 72.1 Å². The third-order valence-electron chi connectivity index (χ3n) is 6.97. The van der Waals surface area contributed by atoms with Gasteiger partial charge < -0.3 is 14.8 Å². The van der Waals surface area contributed by atoms with Crippen LogP contribution in [0.2, 0.25) is 0 Å². The number of piperidine rings is 3. The molecule has 1 aromatic heterocycles. The van der Waals surface area contributed by atoms with Crippen LogP contribution in [0.4, 0.5) is 0 Å². The van der Waals surface area contributed by atoms with Crippen LogP contribution in [0.3, 0.4) is 0 Å². The summed E-state index contributed by atoms with van der Waals surface area (Å²) in [5.74, 6) is 2.20. The summed E-state index contributed by atoms with van der Waals surface area (Å²) in [5.41, 5.74) is 1.81. The molecule has 2 aromatic carbocycles. The first-order chi connectivity index (χ1) is 16.7. The number of hydrogen-bond donors (Lipinski definition) is 1. The van der Waals surface area contributed by atoms with Crippen LogP contribution >= 0.6 is 0 Å². The van der Waals surface area contributed by atoms with Gasteiger partial charge in [0.15, 0.2) is 0 Å². The lowest BCUT2D eigenvalue weighted by Crippen LogP contribution is -2.58. The Kier molecular flexibility index (Phi) is 6.76. The Morgan fingerprint density at radius 1 is 1.15 bits per heavy atom. The van der Waals surface area contributed by atoms with Crippen LogP contribution < -0.4 is 14.8 Å². The summed E-state index contributed by atoms with van der Waals surface area (Å²) >= 11 is 0. The fourth-order valence-electron chi connectivity index (χ4n) is 5.17. The van der Waals surface area contributed by atoms with E-state index in [0.29, 0.717) is 25.1 Å². The molecule has 8 nitrogen and oxygen atoms in total. The third kappa shape index (κ3) is 5.07. The van der Waals surface area contributed by atoms with Crippen molar-refractivity contribution in [2.75, 3.05) is 20.2 Å². The number of fused-ring (bicyclic) bond motifs is 3. The van der Waals surface area contributed by atoms with Crippen molar-refractivity contribution in [2.24, 2.45) is 11.8 Å². The van der Waals surface area contributed by atoms with Gasteiger partial charge in [0.05, 0.1) is 25.8 Å². The number of aromatic nitrogens is 3. The summed E-state index contributed by atoms with van der Waals surface area (Å²) in [6.07, 6.45) is 4.03. The molecule has 4 heterocycles. The minimum Gasteiger partial charge on any atom is -0.496 e. The van der Waals surface area contributed by atoms with Crippen molar-refractivity contribution >= 4 is 5.91 Å². The van der Waals surface area contributed by atoms with E-state index in [4.69, 9.17) is 9.47 Å². The van der Waals surface area contributed by atoms with Crippen LogP contribution in [0.25, 0.3) is 0 Å². The highest BCUT2D eigenvalue weighted by Crippen LogP contribution is 2.37. The second-order valence-corrected chi connectivity index (χ2v) is 9.10. The van der Waals surface area contributed by atoms with E-state index in [-0.39, 0.29) is 11.8 Å². The molecule has 1 unspecified atom stereocenters. The summed E-state index contributed by atoms with van der Waals surface area (Å²) in [5, 5.41) is 11.7. The Labute approximate surface area is 199 Å². The lowest BCUT2D eigenvalue weighted by molar-refractivity contribution is -0.133. The highest BCUT2D eigenvalue weighted by molar-refractivity contribution is 5.79. The normalized spacial score (nSPS) is 23.4. The largest absolute Gasteiger partial charge is 0.496 e. The van der Waals surface area contributed by atoms with E-state index in [0.717, 1.165) is 55.2 Å². The minimum absolute atomic E-state index is 0.0327. The standard InChI is InChI=1S/C26H31N5O3/c1-33-25-10-6-5-7-20(25)14-27-26(32)24-17-30-12-11-19(24)13-22(30)16-31-15-21(28-29-31)18-34-23-8-3-2-4-9-23/h2-10,15,19,22,24H,11-14,16-18H2,1H3,(H,27,32)/t19-,22-,24-/m1/s1. The van der Waals surface area contributed by atoms with Crippen LogP contribution in [0.15, 0.2) is 60.8 Å². The van der Waals surface area contributed by atoms with Gasteiger partial charge >= 0.3 is 0 Å². The Hall–Kier alpha value is -3.39. The molecule has 0 radical (unpaired) electrons. The van der Waals surface area contributed by atoms with Gasteiger partial charge in [-0.25, -0.2) is 0 Å². The van der Waals surface area contributed by atoms with Crippen LogP contribution in [-0.4, -0.2) is 52.0 Å². The molecule has 1 amide bonds. The van der Waals surface area contributed by atoms with Gasteiger partial charge in [-0.1, -0.05) is 41.6 Å². The van der Waals surface area contributed by atoms with Gasteiger partial charge in [-0.15, -0.1) is 5.10 Å². The number of carbonyl (C=O) groups excluding carboxylic acids is 1. The first-order valence-corrected chi connectivity index (χ1v) is 11.9. The summed E-state index contributed by atoms with van der Waals surface area (Å²) in [4.78, 5) is 15.4. The van der Waals surface area contributed by atoms with Gasteiger partial charge in [0.25, 0.3) is 0 Å². The molecule has 0 aliphatic carbocycles. The van der Waals surface area contributed by atoms with E-state index in [1.165, 1.54) is 0 Å². The van der Waals surface area contributed by atoms with Crippen molar-refractivity contribution < 1.29 is 14.3 Å². The number of rotatable bonds is 9. The molecular formula is C26H31N5O3. The molecule has 2 bridgehead atoms. The lowest BCUT2D eigenvalue weighted by atomic mass is 9.75. The lowest BCUT2D eigenvalue weighted by Gasteiger charge is -2.49. The van der Waals surface area contributed by atoms with E-state index in [2.05, 4.69) is 20.5 Å². The topological polar surface area (TPSA) is 81.5 Å². The predicted molar refractivity (Wildman–Crippen MR) is 127 cm³/mol. The second-order valence-electron chi connectivity index (χ2n) is 9.10. The minimum atomic E-state index is 0.0327. The van der Waals surface area contributed by atoms with Crippen LogP contribution in [-0.2, 0) is 24.5 Å². The first-order valence-electron chi connectivity index (χ1n) is 11.9. The van der Waals surface area contributed by atoms with E-state index in [9.17, 15) is 4.79 Å². The van der Waals surface area contributed by atoms with E-state index >= 15 is 0 Å². The molecule has 0 spiro atoms. The average Bonchev–Trinajstić information content (AvgIpc) is 3.34. The Morgan fingerprint density at radius 2 is 1.97 bits per heavy atom. The smallest absolute Gasteiger partial charge is 0.224 e. The number of methoxy groups -OCH3 is 1. The molecule has 8 heteroatoms. The third-order valence-corrected chi connectivity index (χ3v) is 6.97. The Bertz CT molecular complexity index is 1100. The molecule has 4 atom stereocenters. The van der Waals surface area contributed by atoms with Crippen molar-refractivity contribution in [3.63, 3.8) is 0 Å². The van der Waals surface area contributed by atoms with Gasteiger partial charge in [0.1, 0.15) is 23.8 Å². The molecule has 3 aromatic rings. The molecule has 34 heavy (non-hydrogen) atoms. The number of amides is 1. The number of ether oxygens (including phenoxy) is 2. The molecule has 1 N–H and O–H groups in total. The number of carbonyl (C=O) groups is 1. The monoisotopic (exact) mass is 461 g/mol. The van der Waals surface area contributed by atoms with Gasteiger partial charge in [-0.3, -0.25) is 14.4 Å². The molecule has 0 saturated carbocycles. The van der Waals surface area contributed by atoms with E-state index in [1.807, 2.05) is 65.5 Å². The molecule has 3 aliphatic rings. The zero-order valence-corrected chi connectivity index (χ0v) is 19.5. The fourth-order valence-corrected chi connectivity index (χ4v) is 5.17. The maximum absolute atomic E-state index is 13.0. The highest BCUT2D eigenvalue weighted by Gasteiger charge is 2.43. The molecule has 3 aliphatic heterocycles. The van der Waals surface area contributed by atoms with Gasteiger partial charge in [-0.2, -0.15) is 0 Å². The van der Waals surface area contributed by atoms with Crippen LogP contribution in [0.5, 0.6) is 11.5 Å². The predicted octanol–water partition coefficient (Wildman–Crippen LogP) is 2.89. The first kappa shape index (κ1) is 22.4. The molecule has 178 valence electrons. The average molecular weight is 462 g/mol. The van der Waals surface area contributed by atoms with Crippen molar-refractivity contribution in [3.8, 4) is 11.5 Å². The van der Waals surface area contributed by atoms with Crippen LogP contribution in [0, 0.1) is 11.8 Å². The summed E-state index contributed by atoms with van der Waals surface area (Å²) in [6.45, 7) is 3.50. The molecule has 3 saturated heterocycles. The van der Waals surface area contributed by atoms with Gasteiger partial charge in [0, 0.05) is 24.7 Å². The SMILES string of the molecule is COc1ccccc1CNC(=O)[C@@H]1CN2CC[C@@H]1C[C@@H]2Cn1cc(COc2ccccc2)nn1. The number of nitrogens with zero attached hydrogens (tertiary/aromatic N) is 4. The fraction of sp³-hybridized carbons (Fsp3) is 0.423.